The van der Waals surface area contributed by atoms with Crippen LogP contribution in [0.15, 0.2) is 18.2 Å². The Morgan fingerprint density at radius 1 is 1.32 bits per heavy atom. The van der Waals surface area contributed by atoms with Crippen LogP contribution >= 0.6 is 0 Å². The van der Waals surface area contributed by atoms with E-state index in [1.807, 2.05) is 0 Å². The fourth-order valence-corrected chi connectivity index (χ4v) is 1.36. The fourth-order valence-electron chi connectivity index (χ4n) is 1.36. The maximum Gasteiger partial charge on any atom is 0.270 e. The van der Waals surface area contributed by atoms with Crippen molar-refractivity contribution in [2.45, 2.75) is 6.92 Å². The Kier molecular flexibility index (Phi) is 4.81. The van der Waals surface area contributed by atoms with Crippen LogP contribution in [0.25, 0.3) is 0 Å². The molecular formula is C11H14N4O4. The number of hydrogen-bond acceptors (Lipinski definition) is 5. The summed E-state index contributed by atoms with van der Waals surface area (Å²) in [7, 11) is 0. The molecule has 0 bridgehead atoms. The quantitative estimate of drug-likeness (QED) is 0.300. The summed E-state index contributed by atoms with van der Waals surface area (Å²) < 4.78 is 0. The minimum atomic E-state index is -0.604. The molecule has 0 atom stereocenters. The zero-order valence-electron chi connectivity index (χ0n) is 10.3. The van der Waals surface area contributed by atoms with Crippen LogP contribution in [0.1, 0.15) is 17.3 Å². The number of nitro groups is 1. The molecule has 0 saturated heterocycles. The molecule has 0 aliphatic rings. The lowest BCUT2D eigenvalue weighted by Gasteiger charge is -2.07. The number of rotatable bonds is 5. The van der Waals surface area contributed by atoms with Crippen LogP contribution in [0.2, 0.25) is 0 Å². The van der Waals surface area contributed by atoms with Crippen LogP contribution in [0, 0.1) is 10.1 Å². The number of nitrogen functional groups attached to an aromatic ring is 1. The zero-order chi connectivity index (χ0) is 14.4. The molecule has 0 aromatic heterocycles. The van der Waals surface area contributed by atoms with Crippen molar-refractivity contribution >= 4 is 23.2 Å². The first kappa shape index (κ1) is 14.4. The number of carbonyl (C=O) groups is 2. The maximum atomic E-state index is 11.8. The predicted molar refractivity (Wildman–Crippen MR) is 68.5 cm³/mol. The molecule has 0 radical (unpaired) electrons. The average Bonchev–Trinajstić information content (AvgIpc) is 2.34. The highest BCUT2D eigenvalue weighted by Crippen LogP contribution is 2.19. The van der Waals surface area contributed by atoms with E-state index in [0.29, 0.717) is 0 Å². The number of anilines is 1. The molecule has 102 valence electrons. The number of amides is 2. The summed E-state index contributed by atoms with van der Waals surface area (Å²) in [6.07, 6.45) is 0. The van der Waals surface area contributed by atoms with Crippen molar-refractivity contribution in [1.82, 2.24) is 10.6 Å². The topological polar surface area (TPSA) is 127 Å². The highest BCUT2D eigenvalue weighted by atomic mass is 16.6. The molecule has 8 nitrogen and oxygen atoms in total. The molecule has 8 heteroatoms. The van der Waals surface area contributed by atoms with Crippen molar-refractivity contribution in [3.05, 3.63) is 33.9 Å². The van der Waals surface area contributed by atoms with Crippen molar-refractivity contribution in [1.29, 1.82) is 0 Å². The van der Waals surface area contributed by atoms with Gasteiger partial charge in [0.05, 0.1) is 10.5 Å². The maximum absolute atomic E-state index is 11.8. The number of nitrogens with one attached hydrogen (secondary N) is 2. The predicted octanol–water partition coefficient (Wildman–Crippen LogP) is 0.0429. The molecule has 1 aromatic rings. The molecule has 1 rings (SSSR count). The van der Waals surface area contributed by atoms with E-state index in [-0.39, 0.29) is 35.9 Å². The van der Waals surface area contributed by atoms with Gasteiger partial charge in [0, 0.05) is 37.8 Å². The fraction of sp³-hybridized carbons (Fsp3) is 0.273. The molecule has 0 spiro atoms. The molecule has 0 unspecified atom stereocenters. The second kappa shape index (κ2) is 6.34. The van der Waals surface area contributed by atoms with E-state index in [1.165, 1.54) is 19.1 Å². The summed E-state index contributed by atoms with van der Waals surface area (Å²) in [6.45, 7) is 1.84. The number of carbonyl (C=O) groups excluding carboxylic acids is 2. The first-order valence-corrected chi connectivity index (χ1v) is 5.48. The Balaban J connectivity index is 2.68. The Hall–Kier alpha value is -2.64. The first-order valence-electron chi connectivity index (χ1n) is 5.48. The highest BCUT2D eigenvalue weighted by Gasteiger charge is 2.14. The van der Waals surface area contributed by atoms with Crippen LogP contribution in [0.3, 0.4) is 0 Å². The SMILES string of the molecule is CC(=O)NCCNC(=O)c1cc([N+](=O)[O-])ccc1N. The van der Waals surface area contributed by atoms with Crippen LogP contribution in [0.4, 0.5) is 11.4 Å². The third kappa shape index (κ3) is 4.26. The van der Waals surface area contributed by atoms with Gasteiger partial charge >= 0.3 is 0 Å². The molecule has 4 N–H and O–H groups in total. The number of nitrogens with zero attached hydrogens (tertiary/aromatic N) is 1. The minimum Gasteiger partial charge on any atom is -0.398 e. The van der Waals surface area contributed by atoms with Gasteiger partial charge < -0.3 is 16.4 Å². The number of benzene rings is 1. The first-order chi connectivity index (χ1) is 8.91. The normalized spacial score (nSPS) is 9.74. The van der Waals surface area contributed by atoms with Gasteiger partial charge in [0.2, 0.25) is 5.91 Å². The monoisotopic (exact) mass is 266 g/mol. The average molecular weight is 266 g/mol. The third-order valence-corrected chi connectivity index (χ3v) is 2.28. The third-order valence-electron chi connectivity index (χ3n) is 2.28. The Morgan fingerprint density at radius 3 is 2.53 bits per heavy atom. The smallest absolute Gasteiger partial charge is 0.270 e. The van der Waals surface area contributed by atoms with Crippen LogP contribution in [-0.4, -0.2) is 29.8 Å². The number of hydrogen-bond donors (Lipinski definition) is 3. The van der Waals surface area contributed by atoms with Gasteiger partial charge in [-0.3, -0.25) is 19.7 Å². The van der Waals surface area contributed by atoms with Gasteiger partial charge in [-0.05, 0) is 6.07 Å². The molecule has 19 heavy (non-hydrogen) atoms. The highest BCUT2D eigenvalue weighted by molar-refractivity contribution is 5.99. The minimum absolute atomic E-state index is 0.0389. The second-order valence-electron chi connectivity index (χ2n) is 3.77. The Labute approximate surface area is 109 Å². The molecule has 0 fully saturated rings. The molecule has 1 aromatic carbocycles. The number of nitrogens with two attached hydrogens (primary N) is 1. The van der Waals surface area contributed by atoms with E-state index < -0.39 is 10.8 Å². The molecular weight excluding hydrogens is 252 g/mol. The molecule has 0 aliphatic carbocycles. The number of non-ortho nitro benzene ring substituents is 1. The number of nitro benzene ring substituents is 1. The molecule has 2 amide bonds. The van der Waals surface area contributed by atoms with E-state index in [4.69, 9.17) is 5.73 Å². The van der Waals surface area contributed by atoms with Gasteiger partial charge in [-0.2, -0.15) is 0 Å². The lowest BCUT2D eigenvalue weighted by molar-refractivity contribution is -0.384. The summed E-state index contributed by atoms with van der Waals surface area (Å²) in [5.41, 5.74) is 5.58. The van der Waals surface area contributed by atoms with Gasteiger partial charge in [-0.1, -0.05) is 0 Å². The van der Waals surface area contributed by atoms with Crippen LogP contribution in [0.5, 0.6) is 0 Å². The van der Waals surface area contributed by atoms with E-state index >= 15 is 0 Å². The van der Waals surface area contributed by atoms with Gasteiger partial charge in [0.25, 0.3) is 11.6 Å². The van der Waals surface area contributed by atoms with E-state index in [2.05, 4.69) is 10.6 Å². The molecule has 0 heterocycles. The Morgan fingerprint density at radius 2 is 1.95 bits per heavy atom. The van der Waals surface area contributed by atoms with Gasteiger partial charge in [-0.25, -0.2) is 0 Å². The zero-order valence-corrected chi connectivity index (χ0v) is 10.3. The van der Waals surface area contributed by atoms with Crippen molar-refractivity contribution < 1.29 is 14.5 Å². The largest absolute Gasteiger partial charge is 0.398 e. The molecule has 0 saturated carbocycles. The molecule has 0 aliphatic heterocycles. The summed E-state index contributed by atoms with van der Waals surface area (Å²) in [4.78, 5) is 32.4. The summed E-state index contributed by atoms with van der Waals surface area (Å²) in [5, 5.41) is 15.6. The lowest BCUT2D eigenvalue weighted by Crippen LogP contribution is -2.33. The van der Waals surface area contributed by atoms with Gasteiger partial charge in [0.1, 0.15) is 0 Å². The van der Waals surface area contributed by atoms with E-state index in [9.17, 15) is 19.7 Å². The lowest BCUT2D eigenvalue weighted by atomic mass is 10.1. The van der Waals surface area contributed by atoms with Crippen molar-refractivity contribution in [3.8, 4) is 0 Å². The van der Waals surface area contributed by atoms with Gasteiger partial charge in [-0.15, -0.1) is 0 Å². The standard InChI is InChI=1S/C11H14N4O4/c1-7(16)13-4-5-14-11(17)9-6-8(15(18)19)2-3-10(9)12/h2-3,6H,4-5,12H2,1H3,(H,13,16)(H,14,17). The van der Waals surface area contributed by atoms with Crippen LogP contribution < -0.4 is 16.4 Å². The van der Waals surface area contributed by atoms with Crippen molar-refractivity contribution in [3.63, 3.8) is 0 Å². The van der Waals surface area contributed by atoms with E-state index in [1.54, 1.807) is 0 Å². The van der Waals surface area contributed by atoms with Gasteiger partial charge in [0.15, 0.2) is 0 Å². The Bertz CT molecular complexity index is 515. The van der Waals surface area contributed by atoms with E-state index in [0.717, 1.165) is 6.07 Å². The van der Waals surface area contributed by atoms with Crippen LogP contribution in [-0.2, 0) is 4.79 Å². The van der Waals surface area contributed by atoms with Crippen molar-refractivity contribution in [2.24, 2.45) is 0 Å². The summed E-state index contributed by atoms with van der Waals surface area (Å²) >= 11 is 0. The van der Waals surface area contributed by atoms with Crippen molar-refractivity contribution in [2.75, 3.05) is 18.8 Å². The summed E-state index contributed by atoms with van der Waals surface area (Å²) in [6, 6.07) is 3.65. The second-order valence-corrected chi connectivity index (χ2v) is 3.77. The summed E-state index contributed by atoms with van der Waals surface area (Å²) in [5.74, 6) is -0.726.